The summed E-state index contributed by atoms with van der Waals surface area (Å²) in [5.41, 5.74) is 0. The van der Waals surface area contributed by atoms with Crippen LogP contribution in [0.5, 0.6) is 0 Å². The van der Waals surface area contributed by atoms with E-state index in [2.05, 4.69) is 0 Å². The van der Waals surface area contributed by atoms with Crippen molar-refractivity contribution in [2.75, 3.05) is 12.4 Å². The highest BCUT2D eigenvalue weighted by molar-refractivity contribution is 7.85. The summed E-state index contributed by atoms with van der Waals surface area (Å²) in [6.07, 6.45) is 4.07. The topological polar surface area (TPSA) is 124 Å². The van der Waals surface area contributed by atoms with E-state index in [1.54, 1.807) is 0 Å². The lowest BCUT2D eigenvalue weighted by Gasteiger charge is -2.30. The number of cyclic esters (lactones) is 1. The lowest BCUT2D eigenvalue weighted by atomic mass is 9.87. The number of ether oxygens (including phenoxy) is 1. The van der Waals surface area contributed by atoms with Crippen LogP contribution in [0.1, 0.15) is 45.4 Å². The molecule has 0 amide bonds. The highest BCUT2D eigenvalue weighted by atomic mass is 32.2. The third-order valence-electron chi connectivity index (χ3n) is 5.43. The Morgan fingerprint density at radius 2 is 2.07 bits per heavy atom. The SMILES string of the molecule is C[C@H]1CCC/C=C/[C@@H]2C[C@H](O)C[C@H]2[C@@H](O)[C@H](S(=O)CC(O)CO)CC(=O)O1. The smallest absolute Gasteiger partial charge is 0.307 e. The quantitative estimate of drug-likeness (QED) is 0.391. The molecule has 0 bridgehead atoms. The molecule has 0 aromatic heterocycles. The van der Waals surface area contributed by atoms with Crippen LogP contribution in [0.3, 0.4) is 0 Å². The van der Waals surface area contributed by atoms with Gasteiger partial charge in [0.15, 0.2) is 0 Å². The number of fused-ring (bicyclic) bond motifs is 1. The molecule has 0 spiro atoms. The number of allylic oxidation sites excluding steroid dienone is 2. The molecular formula is C19H32O7S. The van der Waals surface area contributed by atoms with Crippen molar-refractivity contribution in [2.24, 2.45) is 11.8 Å². The monoisotopic (exact) mass is 404 g/mol. The number of aliphatic hydroxyl groups excluding tert-OH is 4. The number of rotatable bonds is 4. The van der Waals surface area contributed by atoms with Gasteiger partial charge in [0.05, 0.1) is 48.4 Å². The van der Waals surface area contributed by atoms with Gasteiger partial charge in [-0.2, -0.15) is 0 Å². The van der Waals surface area contributed by atoms with Gasteiger partial charge in [-0.15, -0.1) is 0 Å². The molecule has 0 aromatic rings. The molecule has 156 valence electrons. The molecule has 27 heavy (non-hydrogen) atoms. The molecule has 4 N–H and O–H groups in total. The summed E-state index contributed by atoms with van der Waals surface area (Å²) in [5.74, 6) is -1.12. The van der Waals surface area contributed by atoms with Gasteiger partial charge in [-0.05, 0) is 50.9 Å². The lowest BCUT2D eigenvalue weighted by molar-refractivity contribution is -0.149. The summed E-state index contributed by atoms with van der Waals surface area (Å²) in [7, 11) is -1.73. The van der Waals surface area contributed by atoms with Crippen molar-refractivity contribution in [3.63, 3.8) is 0 Å². The van der Waals surface area contributed by atoms with E-state index in [0.29, 0.717) is 19.3 Å². The van der Waals surface area contributed by atoms with Crippen LogP contribution in [0.4, 0.5) is 0 Å². The van der Waals surface area contributed by atoms with Crippen LogP contribution in [0.15, 0.2) is 12.2 Å². The highest BCUT2D eigenvalue weighted by Gasteiger charge is 2.42. The largest absolute Gasteiger partial charge is 0.463 e. The fourth-order valence-corrected chi connectivity index (χ4v) is 5.56. The van der Waals surface area contributed by atoms with E-state index < -0.39 is 46.9 Å². The summed E-state index contributed by atoms with van der Waals surface area (Å²) in [5, 5.41) is 38.8. The number of hydrogen-bond acceptors (Lipinski definition) is 7. The van der Waals surface area contributed by atoms with Crippen LogP contribution < -0.4 is 0 Å². The van der Waals surface area contributed by atoms with Crippen LogP contribution in [-0.4, -0.2) is 72.6 Å². The summed E-state index contributed by atoms with van der Waals surface area (Å²) in [6, 6.07) is 0. The third kappa shape index (κ3) is 6.64. The number of carbonyl (C=O) groups excluding carboxylic acids is 1. The minimum atomic E-state index is -1.73. The summed E-state index contributed by atoms with van der Waals surface area (Å²) in [6.45, 7) is 1.27. The molecule has 0 aromatic carbocycles. The first-order valence-corrected chi connectivity index (χ1v) is 11.1. The fraction of sp³-hybridized carbons (Fsp3) is 0.842. The average molecular weight is 405 g/mol. The van der Waals surface area contributed by atoms with Gasteiger partial charge in [0.1, 0.15) is 0 Å². The van der Waals surface area contributed by atoms with E-state index in [1.165, 1.54) is 0 Å². The van der Waals surface area contributed by atoms with Crippen molar-refractivity contribution in [3.05, 3.63) is 12.2 Å². The maximum atomic E-state index is 12.8. The number of carbonyl (C=O) groups is 1. The van der Waals surface area contributed by atoms with Gasteiger partial charge in [-0.1, -0.05) is 12.2 Å². The van der Waals surface area contributed by atoms with Gasteiger partial charge >= 0.3 is 5.97 Å². The maximum absolute atomic E-state index is 12.8. The summed E-state index contributed by atoms with van der Waals surface area (Å²) in [4.78, 5) is 12.3. The van der Waals surface area contributed by atoms with Crippen LogP contribution in [0.25, 0.3) is 0 Å². The Kier molecular flexibility index (Phi) is 8.88. The number of aliphatic hydroxyl groups is 4. The third-order valence-corrected chi connectivity index (χ3v) is 7.26. The van der Waals surface area contributed by atoms with E-state index in [-0.39, 0.29) is 30.1 Å². The molecule has 8 heteroatoms. The second-order valence-corrected chi connectivity index (χ2v) is 9.43. The standard InChI is InChI=1S/C19H32O7S/c1-12-5-3-2-4-6-13-7-14(21)8-16(13)19(24)17(9-18(23)26-12)27(25)11-15(22)10-20/h4,6,12-17,19-22,24H,2-3,5,7-11H2,1H3/b6-4+/t12-,13+,14-,15?,16+,17+,19+,27?/m0/s1. The van der Waals surface area contributed by atoms with Crippen molar-refractivity contribution in [1.82, 2.24) is 0 Å². The Bertz CT molecular complexity index is 538. The molecule has 0 radical (unpaired) electrons. The minimum Gasteiger partial charge on any atom is -0.463 e. The van der Waals surface area contributed by atoms with Crippen molar-refractivity contribution in [3.8, 4) is 0 Å². The molecule has 1 aliphatic carbocycles. The van der Waals surface area contributed by atoms with Crippen molar-refractivity contribution in [2.45, 2.75) is 75.1 Å². The molecule has 0 saturated heterocycles. The molecule has 1 heterocycles. The summed E-state index contributed by atoms with van der Waals surface area (Å²) < 4.78 is 18.1. The van der Waals surface area contributed by atoms with Gasteiger partial charge in [0.2, 0.25) is 0 Å². The van der Waals surface area contributed by atoms with Crippen molar-refractivity contribution < 1.29 is 34.2 Å². The van der Waals surface area contributed by atoms with Crippen molar-refractivity contribution in [1.29, 1.82) is 0 Å². The Labute approximate surface area is 162 Å². The molecule has 7 nitrogen and oxygen atoms in total. The van der Waals surface area contributed by atoms with E-state index in [9.17, 15) is 24.3 Å². The Morgan fingerprint density at radius 3 is 2.78 bits per heavy atom. The molecule has 1 fully saturated rings. The number of hydrogen-bond donors (Lipinski definition) is 4. The maximum Gasteiger partial charge on any atom is 0.307 e. The zero-order valence-corrected chi connectivity index (χ0v) is 16.6. The van der Waals surface area contributed by atoms with Gasteiger partial charge in [-0.3, -0.25) is 9.00 Å². The predicted octanol–water partition coefficient (Wildman–Crippen LogP) is 0.267. The Morgan fingerprint density at radius 1 is 1.33 bits per heavy atom. The molecule has 2 aliphatic rings. The van der Waals surface area contributed by atoms with Crippen LogP contribution in [-0.2, 0) is 20.3 Å². The fourth-order valence-electron chi connectivity index (χ4n) is 3.99. The zero-order valence-electron chi connectivity index (χ0n) is 15.8. The van der Waals surface area contributed by atoms with Gasteiger partial charge in [0, 0.05) is 10.8 Å². The molecule has 2 unspecified atom stereocenters. The second-order valence-electron chi connectivity index (χ2n) is 7.73. The Balaban J connectivity index is 2.25. The summed E-state index contributed by atoms with van der Waals surface area (Å²) >= 11 is 0. The van der Waals surface area contributed by atoms with Crippen LogP contribution in [0.2, 0.25) is 0 Å². The number of esters is 1. The molecule has 2 rings (SSSR count). The average Bonchev–Trinajstić information content (AvgIpc) is 2.98. The predicted molar refractivity (Wildman–Crippen MR) is 101 cm³/mol. The van der Waals surface area contributed by atoms with E-state index >= 15 is 0 Å². The van der Waals surface area contributed by atoms with Gasteiger partial charge < -0.3 is 25.2 Å². The van der Waals surface area contributed by atoms with Gasteiger partial charge in [0.25, 0.3) is 0 Å². The second kappa shape index (κ2) is 10.7. The molecule has 1 saturated carbocycles. The van der Waals surface area contributed by atoms with Crippen LogP contribution in [0, 0.1) is 11.8 Å². The molecular weight excluding hydrogens is 372 g/mol. The van der Waals surface area contributed by atoms with Gasteiger partial charge in [-0.25, -0.2) is 0 Å². The van der Waals surface area contributed by atoms with E-state index in [0.717, 1.165) is 12.8 Å². The van der Waals surface area contributed by atoms with Crippen molar-refractivity contribution >= 4 is 16.8 Å². The Hall–Kier alpha value is -0.800. The van der Waals surface area contributed by atoms with Crippen LogP contribution >= 0.6 is 0 Å². The molecule has 8 atom stereocenters. The first kappa shape index (κ1) is 22.5. The highest BCUT2D eigenvalue weighted by Crippen LogP contribution is 2.38. The first-order valence-electron chi connectivity index (χ1n) is 9.70. The lowest BCUT2D eigenvalue weighted by Crippen LogP contribution is -2.42. The zero-order chi connectivity index (χ0) is 20.0. The van der Waals surface area contributed by atoms with E-state index in [1.807, 2.05) is 19.1 Å². The molecule has 1 aliphatic heterocycles. The minimum absolute atomic E-state index is 0.0496. The normalized spacial score (nSPS) is 39.2. The van der Waals surface area contributed by atoms with E-state index in [4.69, 9.17) is 9.84 Å². The first-order chi connectivity index (χ1) is 12.8.